The quantitative estimate of drug-likeness (QED) is 0.857. The Hall–Kier alpha value is -1.48. The monoisotopic (exact) mass is 284 g/mol. The topological polar surface area (TPSA) is 24.5 Å². The third-order valence-corrected chi connectivity index (χ3v) is 4.99. The maximum Gasteiger partial charge on any atom is 0.142 e. The molecule has 1 atom stereocenters. The first-order chi connectivity index (χ1) is 10.4. The van der Waals surface area contributed by atoms with Gasteiger partial charge in [0.15, 0.2) is 0 Å². The summed E-state index contributed by atoms with van der Waals surface area (Å²) in [5, 5.41) is 3.51. The van der Waals surface area contributed by atoms with Crippen molar-refractivity contribution in [2.45, 2.75) is 38.1 Å². The molecule has 0 spiro atoms. The van der Waals surface area contributed by atoms with Crippen LogP contribution in [-0.4, -0.2) is 32.3 Å². The second-order valence-electron chi connectivity index (χ2n) is 6.35. The van der Waals surface area contributed by atoms with Gasteiger partial charge in [-0.3, -0.25) is 0 Å². The van der Waals surface area contributed by atoms with Gasteiger partial charge in [0.2, 0.25) is 0 Å². The van der Waals surface area contributed by atoms with E-state index in [0.717, 1.165) is 38.4 Å². The number of nitrogens with zero attached hydrogens (tertiary/aromatic N) is 1. The van der Waals surface area contributed by atoms with Gasteiger partial charge in [0, 0.05) is 32.1 Å². The summed E-state index contributed by atoms with van der Waals surface area (Å²) in [5.41, 5.74) is 4.24. The molecule has 1 fully saturated rings. The van der Waals surface area contributed by atoms with Crippen LogP contribution in [0.4, 0.5) is 5.69 Å². The molecular formula is C18H24N2O. The van der Waals surface area contributed by atoms with Crippen molar-refractivity contribution in [3.05, 3.63) is 29.8 Å². The Bertz CT molecular complexity index is 552. The highest BCUT2D eigenvalue weighted by Crippen LogP contribution is 2.37. The van der Waals surface area contributed by atoms with Crippen LogP contribution in [0.25, 0.3) is 5.57 Å². The summed E-state index contributed by atoms with van der Waals surface area (Å²) in [6.07, 6.45) is 8.68. The van der Waals surface area contributed by atoms with Crippen LogP contribution in [0.2, 0.25) is 0 Å². The van der Waals surface area contributed by atoms with Gasteiger partial charge < -0.3 is 15.0 Å². The first-order valence-electron chi connectivity index (χ1n) is 8.35. The molecule has 0 unspecified atom stereocenters. The van der Waals surface area contributed by atoms with Gasteiger partial charge in [0.05, 0.1) is 12.3 Å². The summed E-state index contributed by atoms with van der Waals surface area (Å²) in [6, 6.07) is 7.38. The predicted molar refractivity (Wildman–Crippen MR) is 87.0 cm³/mol. The number of benzene rings is 1. The summed E-state index contributed by atoms with van der Waals surface area (Å²) in [7, 11) is 0. The molecule has 1 N–H and O–H groups in total. The van der Waals surface area contributed by atoms with Crippen molar-refractivity contribution >= 4 is 11.3 Å². The smallest absolute Gasteiger partial charge is 0.142 e. The SMILES string of the molecule is C1=C(c2ccc3c(c2)N2CCNC[C@@H]2CCO3)CCCC1. The van der Waals surface area contributed by atoms with Crippen LogP contribution >= 0.6 is 0 Å². The van der Waals surface area contributed by atoms with Gasteiger partial charge in [-0.25, -0.2) is 0 Å². The Kier molecular flexibility index (Phi) is 3.60. The normalized spacial score (nSPS) is 25.2. The highest BCUT2D eigenvalue weighted by atomic mass is 16.5. The first kappa shape index (κ1) is 13.2. The van der Waals surface area contributed by atoms with Gasteiger partial charge in [-0.15, -0.1) is 0 Å². The molecule has 0 radical (unpaired) electrons. The van der Waals surface area contributed by atoms with E-state index in [9.17, 15) is 0 Å². The van der Waals surface area contributed by atoms with Crippen LogP contribution in [0, 0.1) is 0 Å². The fourth-order valence-corrected chi connectivity index (χ4v) is 3.80. The molecule has 3 aliphatic rings. The second-order valence-corrected chi connectivity index (χ2v) is 6.35. The second kappa shape index (κ2) is 5.72. The lowest BCUT2D eigenvalue weighted by Gasteiger charge is -2.36. The molecule has 2 aliphatic heterocycles. The molecule has 112 valence electrons. The van der Waals surface area contributed by atoms with Crippen LogP contribution in [0.15, 0.2) is 24.3 Å². The van der Waals surface area contributed by atoms with Crippen molar-refractivity contribution < 1.29 is 4.74 Å². The molecule has 1 saturated heterocycles. The Labute approximate surface area is 127 Å². The molecule has 0 saturated carbocycles. The Morgan fingerprint density at radius 1 is 1.24 bits per heavy atom. The van der Waals surface area contributed by atoms with E-state index in [0.29, 0.717) is 6.04 Å². The fraction of sp³-hybridized carbons (Fsp3) is 0.556. The number of nitrogens with one attached hydrogen (secondary N) is 1. The van der Waals surface area contributed by atoms with Crippen molar-refractivity contribution in [1.82, 2.24) is 5.32 Å². The van der Waals surface area contributed by atoms with Crippen molar-refractivity contribution in [2.75, 3.05) is 31.1 Å². The van der Waals surface area contributed by atoms with E-state index in [1.807, 2.05) is 0 Å². The van der Waals surface area contributed by atoms with Gasteiger partial charge >= 0.3 is 0 Å². The van der Waals surface area contributed by atoms with E-state index in [2.05, 4.69) is 34.5 Å². The van der Waals surface area contributed by atoms with Crippen LogP contribution < -0.4 is 15.0 Å². The van der Waals surface area contributed by atoms with E-state index in [1.54, 1.807) is 0 Å². The molecule has 3 nitrogen and oxygen atoms in total. The lowest BCUT2D eigenvalue weighted by Crippen LogP contribution is -2.51. The van der Waals surface area contributed by atoms with Crippen LogP contribution in [0.1, 0.15) is 37.7 Å². The van der Waals surface area contributed by atoms with Crippen LogP contribution in [0.3, 0.4) is 0 Å². The van der Waals surface area contributed by atoms with Crippen molar-refractivity contribution in [3.8, 4) is 5.75 Å². The highest BCUT2D eigenvalue weighted by molar-refractivity contribution is 5.73. The Morgan fingerprint density at radius 2 is 2.24 bits per heavy atom. The molecule has 1 aromatic carbocycles. The molecule has 2 heterocycles. The summed E-state index contributed by atoms with van der Waals surface area (Å²) in [4.78, 5) is 2.56. The van der Waals surface area contributed by atoms with E-state index < -0.39 is 0 Å². The number of rotatable bonds is 1. The highest BCUT2D eigenvalue weighted by Gasteiger charge is 2.27. The van der Waals surface area contributed by atoms with Crippen molar-refractivity contribution in [2.24, 2.45) is 0 Å². The lowest BCUT2D eigenvalue weighted by molar-refractivity contribution is 0.304. The van der Waals surface area contributed by atoms with Gasteiger partial charge in [-0.2, -0.15) is 0 Å². The van der Waals surface area contributed by atoms with E-state index in [-0.39, 0.29) is 0 Å². The van der Waals surface area contributed by atoms with Gasteiger partial charge in [0.25, 0.3) is 0 Å². The standard InChI is InChI=1S/C18H24N2O/c1-2-4-14(5-3-1)15-6-7-18-17(12-15)20-10-9-19-13-16(20)8-11-21-18/h4,6-7,12,16,19H,1-3,5,8-11,13H2/t16-/m0/s1. The van der Waals surface area contributed by atoms with Gasteiger partial charge in [-0.05, 0) is 49.0 Å². The number of piperazine rings is 1. The number of ether oxygens (including phenoxy) is 1. The Morgan fingerprint density at radius 3 is 3.14 bits per heavy atom. The lowest BCUT2D eigenvalue weighted by atomic mass is 9.93. The molecule has 1 aliphatic carbocycles. The number of hydrogen-bond donors (Lipinski definition) is 1. The molecule has 3 heteroatoms. The zero-order valence-corrected chi connectivity index (χ0v) is 12.6. The van der Waals surface area contributed by atoms with Crippen molar-refractivity contribution in [1.29, 1.82) is 0 Å². The first-order valence-corrected chi connectivity index (χ1v) is 8.35. The predicted octanol–water partition coefficient (Wildman–Crippen LogP) is 3.20. The maximum absolute atomic E-state index is 5.99. The number of hydrogen-bond acceptors (Lipinski definition) is 3. The molecule has 21 heavy (non-hydrogen) atoms. The van der Waals surface area contributed by atoms with Crippen LogP contribution in [0.5, 0.6) is 5.75 Å². The molecular weight excluding hydrogens is 260 g/mol. The summed E-state index contributed by atoms with van der Waals surface area (Å²) >= 11 is 0. The molecule has 0 amide bonds. The molecule has 1 aromatic rings. The van der Waals surface area contributed by atoms with Gasteiger partial charge in [0.1, 0.15) is 5.75 Å². The summed E-state index contributed by atoms with van der Waals surface area (Å²) < 4.78 is 5.99. The van der Waals surface area contributed by atoms with Crippen LogP contribution in [-0.2, 0) is 0 Å². The zero-order chi connectivity index (χ0) is 14.1. The van der Waals surface area contributed by atoms with Gasteiger partial charge in [-0.1, -0.05) is 12.1 Å². The third kappa shape index (κ3) is 2.55. The fourth-order valence-electron chi connectivity index (χ4n) is 3.80. The number of anilines is 1. The van der Waals surface area contributed by atoms with E-state index in [4.69, 9.17) is 4.74 Å². The number of allylic oxidation sites excluding steroid dienone is 2. The number of fused-ring (bicyclic) bond motifs is 3. The minimum Gasteiger partial charge on any atom is -0.491 e. The third-order valence-electron chi connectivity index (χ3n) is 4.99. The summed E-state index contributed by atoms with van der Waals surface area (Å²) in [6.45, 7) is 4.07. The zero-order valence-electron chi connectivity index (χ0n) is 12.6. The molecule has 4 rings (SSSR count). The van der Waals surface area contributed by atoms with E-state index >= 15 is 0 Å². The average molecular weight is 284 g/mol. The largest absolute Gasteiger partial charge is 0.491 e. The minimum atomic E-state index is 0.579. The minimum absolute atomic E-state index is 0.579. The summed E-state index contributed by atoms with van der Waals surface area (Å²) in [5.74, 6) is 1.07. The average Bonchev–Trinajstić information content (AvgIpc) is 2.74. The molecule has 0 aromatic heterocycles. The van der Waals surface area contributed by atoms with Crippen molar-refractivity contribution in [3.63, 3.8) is 0 Å². The molecule has 0 bridgehead atoms. The van der Waals surface area contributed by atoms with E-state index in [1.165, 1.54) is 42.5 Å². The Balaban J connectivity index is 1.71. The maximum atomic E-state index is 5.99.